The molecule has 0 spiro atoms. The topological polar surface area (TPSA) is 89.5 Å². The average Bonchev–Trinajstić information content (AvgIpc) is 3.05. The van der Waals surface area contributed by atoms with Crippen molar-refractivity contribution in [2.24, 2.45) is 0 Å². The highest BCUT2D eigenvalue weighted by atomic mass is 35.5. The number of hydrogen-bond acceptors (Lipinski definition) is 6. The molecule has 2 heterocycles. The van der Waals surface area contributed by atoms with E-state index < -0.39 is 0 Å². The van der Waals surface area contributed by atoms with Gasteiger partial charge in [0.15, 0.2) is 16.7 Å². The van der Waals surface area contributed by atoms with E-state index in [-0.39, 0.29) is 11.8 Å². The molecule has 130 valence electrons. The van der Waals surface area contributed by atoms with Gasteiger partial charge in [-0.2, -0.15) is 0 Å². The predicted molar refractivity (Wildman–Crippen MR) is 94.7 cm³/mol. The molecule has 1 N–H and O–H groups in total. The second kappa shape index (κ2) is 7.51. The van der Waals surface area contributed by atoms with Crippen molar-refractivity contribution in [2.45, 2.75) is 26.2 Å². The van der Waals surface area contributed by atoms with Gasteiger partial charge in [0.25, 0.3) is 0 Å². The molecular weight excluding hydrogens is 387 g/mol. The van der Waals surface area contributed by atoms with Crippen LogP contribution >= 0.6 is 34.8 Å². The van der Waals surface area contributed by atoms with Crippen molar-refractivity contribution in [1.82, 2.24) is 30.8 Å². The Morgan fingerprint density at radius 1 is 1.04 bits per heavy atom. The quantitative estimate of drug-likeness (QED) is 0.681. The number of nitrogens with zero attached hydrogens (tertiary/aromatic N) is 5. The Labute approximate surface area is 158 Å². The van der Waals surface area contributed by atoms with Crippen LogP contribution in [0.1, 0.15) is 36.7 Å². The van der Waals surface area contributed by atoms with Crippen molar-refractivity contribution >= 4 is 34.8 Å². The van der Waals surface area contributed by atoms with Gasteiger partial charge in [0, 0.05) is 12.5 Å². The smallest absolute Gasteiger partial charge is 0.239 e. The molecule has 0 amide bonds. The number of tetrazole rings is 1. The molecule has 0 aliphatic carbocycles. The maximum absolute atomic E-state index is 6.31. The van der Waals surface area contributed by atoms with Crippen LogP contribution in [0.15, 0.2) is 18.2 Å². The predicted octanol–water partition coefficient (Wildman–Crippen LogP) is 4.46. The Morgan fingerprint density at radius 3 is 2.36 bits per heavy atom. The van der Waals surface area contributed by atoms with E-state index in [4.69, 9.17) is 39.5 Å². The van der Waals surface area contributed by atoms with E-state index >= 15 is 0 Å². The Kier molecular flexibility index (Phi) is 5.36. The summed E-state index contributed by atoms with van der Waals surface area (Å²) in [5.41, 5.74) is 1.67. The SMILES string of the molecule is CC(C)c1cc(Oc2c(Cl)cc(Cc3nnn[nH]3)cc2Cl)nnc1Cl. The number of nitrogens with one attached hydrogen (secondary N) is 1. The molecule has 0 fully saturated rings. The summed E-state index contributed by atoms with van der Waals surface area (Å²) in [4.78, 5) is 0. The van der Waals surface area contributed by atoms with Crippen LogP contribution in [-0.4, -0.2) is 30.8 Å². The van der Waals surface area contributed by atoms with Crippen LogP contribution in [0.2, 0.25) is 15.2 Å². The first-order valence-corrected chi connectivity index (χ1v) is 8.49. The van der Waals surface area contributed by atoms with Crippen molar-refractivity contribution < 1.29 is 4.74 Å². The lowest BCUT2D eigenvalue weighted by molar-refractivity contribution is 0.454. The maximum atomic E-state index is 6.31. The Hall–Kier alpha value is -1.96. The first-order valence-electron chi connectivity index (χ1n) is 7.35. The van der Waals surface area contributed by atoms with Crippen LogP contribution < -0.4 is 4.74 Å². The molecule has 2 aromatic heterocycles. The number of hydrogen-bond donors (Lipinski definition) is 1. The minimum atomic E-state index is 0.175. The number of H-pyrrole nitrogens is 1. The van der Waals surface area contributed by atoms with Gasteiger partial charge >= 0.3 is 0 Å². The molecule has 10 heteroatoms. The van der Waals surface area contributed by atoms with Gasteiger partial charge < -0.3 is 4.74 Å². The summed E-state index contributed by atoms with van der Waals surface area (Å²) in [6.45, 7) is 4.00. The van der Waals surface area contributed by atoms with Crippen LogP contribution in [0.5, 0.6) is 11.6 Å². The van der Waals surface area contributed by atoms with E-state index in [1.165, 1.54) is 0 Å². The summed E-state index contributed by atoms with van der Waals surface area (Å²) < 4.78 is 5.73. The molecule has 3 aromatic rings. The lowest BCUT2D eigenvalue weighted by atomic mass is 10.1. The third-order valence-electron chi connectivity index (χ3n) is 3.40. The highest BCUT2D eigenvalue weighted by molar-refractivity contribution is 6.37. The summed E-state index contributed by atoms with van der Waals surface area (Å²) in [6, 6.07) is 5.19. The van der Waals surface area contributed by atoms with Gasteiger partial charge in [-0.1, -0.05) is 48.7 Å². The van der Waals surface area contributed by atoms with Gasteiger partial charge in [0.05, 0.1) is 10.0 Å². The second-order valence-electron chi connectivity index (χ2n) is 5.60. The van der Waals surface area contributed by atoms with Gasteiger partial charge in [0.1, 0.15) is 0 Å². The molecule has 0 aliphatic heterocycles. The molecule has 0 saturated heterocycles. The highest BCUT2D eigenvalue weighted by Crippen LogP contribution is 2.38. The summed E-state index contributed by atoms with van der Waals surface area (Å²) in [5.74, 6) is 1.35. The van der Waals surface area contributed by atoms with Gasteiger partial charge in [-0.3, -0.25) is 0 Å². The summed E-state index contributed by atoms with van der Waals surface area (Å²) in [6.07, 6.45) is 0.463. The molecule has 0 radical (unpaired) electrons. The second-order valence-corrected chi connectivity index (χ2v) is 6.77. The van der Waals surface area contributed by atoms with Gasteiger partial charge in [0.2, 0.25) is 5.88 Å². The van der Waals surface area contributed by atoms with Gasteiger partial charge in [-0.15, -0.1) is 15.3 Å². The van der Waals surface area contributed by atoms with Crippen LogP contribution in [-0.2, 0) is 6.42 Å². The first-order chi connectivity index (χ1) is 11.9. The molecule has 0 atom stereocenters. The molecule has 0 aliphatic rings. The van der Waals surface area contributed by atoms with Crippen molar-refractivity contribution in [3.05, 3.63) is 50.3 Å². The maximum Gasteiger partial charge on any atom is 0.239 e. The molecule has 0 unspecified atom stereocenters. The number of aromatic amines is 1. The fourth-order valence-electron chi connectivity index (χ4n) is 2.19. The normalized spacial score (nSPS) is 11.1. The molecular formula is C15H13Cl3N6O. The van der Waals surface area contributed by atoms with Gasteiger partial charge in [-0.05, 0) is 39.6 Å². The fourth-order valence-corrected chi connectivity index (χ4v) is 3.11. The largest absolute Gasteiger partial charge is 0.434 e. The molecule has 0 saturated carbocycles. The summed E-state index contributed by atoms with van der Waals surface area (Å²) in [7, 11) is 0. The van der Waals surface area contributed by atoms with Crippen LogP contribution in [0.25, 0.3) is 0 Å². The third kappa shape index (κ3) is 4.18. The Morgan fingerprint density at radius 2 is 1.76 bits per heavy atom. The van der Waals surface area contributed by atoms with Crippen molar-refractivity contribution in [3.63, 3.8) is 0 Å². The number of halogens is 3. The number of aromatic nitrogens is 6. The van der Waals surface area contributed by atoms with Crippen molar-refractivity contribution in [1.29, 1.82) is 0 Å². The average molecular weight is 400 g/mol. The molecule has 3 rings (SSSR count). The fraction of sp³-hybridized carbons (Fsp3) is 0.267. The lowest BCUT2D eigenvalue weighted by Gasteiger charge is -2.12. The van der Waals surface area contributed by atoms with Crippen LogP contribution in [0.4, 0.5) is 0 Å². The van der Waals surface area contributed by atoms with E-state index in [0.29, 0.717) is 33.2 Å². The minimum absolute atomic E-state index is 0.175. The van der Waals surface area contributed by atoms with Crippen molar-refractivity contribution in [2.75, 3.05) is 0 Å². The van der Waals surface area contributed by atoms with E-state index in [9.17, 15) is 0 Å². The Balaban J connectivity index is 1.87. The zero-order chi connectivity index (χ0) is 18.0. The first kappa shape index (κ1) is 17.8. The standard InChI is InChI=1S/C15H13Cl3N6O/c1-7(2)9-6-13(21-22-15(9)18)25-14-10(16)3-8(4-11(14)17)5-12-19-23-24-20-12/h3-4,6-7H,5H2,1-2H3,(H,19,20,23,24). The Bertz CT molecular complexity index is 862. The van der Waals surface area contributed by atoms with E-state index in [0.717, 1.165) is 11.1 Å². The van der Waals surface area contributed by atoms with E-state index in [2.05, 4.69) is 30.8 Å². The van der Waals surface area contributed by atoms with E-state index in [1.807, 2.05) is 13.8 Å². The monoisotopic (exact) mass is 398 g/mol. The van der Waals surface area contributed by atoms with Crippen LogP contribution in [0, 0.1) is 0 Å². The van der Waals surface area contributed by atoms with Gasteiger partial charge in [-0.25, -0.2) is 5.10 Å². The molecule has 0 bridgehead atoms. The summed E-state index contributed by atoms with van der Waals surface area (Å²) >= 11 is 18.7. The molecule has 1 aromatic carbocycles. The van der Waals surface area contributed by atoms with E-state index in [1.54, 1.807) is 18.2 Å². The summed E-state index contributed by atoms with van der Waals surface area (Å²) in [5, 5.41) is 22.4. The number of ether oxygens (including phenoxy) is 1. The molecule has 7 nitrogen and oxygen atoms in total. The molecule has 25 heavy (non-hydrogen) atoms. The zero-order valence-corrected chi connectivity index (χ0v) is 15.6. The lowest BCUT2D eigenvalue weighted by Crippen LogP contribution is -1.99. The minimum Gasteiger partial charge on any atom is -0.434 e. The number of benzene rings is 1. The highest BCUT2D eigenvalue weighted by Gasteiger charge is 2.15. The zero-order valence-electron chi connectivity index (χ0n) is 13.3. The van der Waals surface area contributed by atoms with Crippen molar-refractivity contribution in [3.8, 4) is 11.6 Å². The number of rotatable bonds is 5. The third-order valence-corrected chi connectivity index (χ3v) is 4.26. The van der Waals surface area contributed by atoms with Crippen LogP contribution in [0.3, 0.4) is 0 Å².